The Morgan fingerprint density at radius 3 is 2.13 bits per heavy atom. The lowest BCUT2D eigenvalue weighted by Gasteiger charge is -2.20. The third-order valence-corrected chi connectivity index (χ3v) is 5.62. The molecule has 0 saturated carbocycles. The zero-order valence-corrected chi connectivity index (χ0v) is 17.3. The van der Waals surface area contributed by atoms with Crippen molar-refractivity contribution in [1.82, 2.24) is 10.3 Å². The Hall–Kier alpha value is -3.75. The van der Waals surface area contributed by atoms with E-state index in [1.165, 1.54) is 21.9 Å². The fourth-order valence-electron chi connectivity index (χ4n) is 4.07. The van der Waals surface area contributed by atoms with Crippen LogP contribution in [0.25, 0.3) is 22.0 Å². The van der Waals surface area contributed by atoms with E-state index in [-0.39, 0.29) is 6.04 Å². The first-order valence-corrected chi connectivity index (χ1v) is 10.7. The highest BCUT2D eigenvalue weighted by Gasteiger charge is 2.16. The van der Waals surface area contributed by atoms with E-state index in [4.69, 9.17) is 4.98 Å². The van der Waals surface area contributed by atoms with Crippen molar-refractivity contribution in [1.29, 1.82) is 0 Å². The number of hydrogen-bond acceptors (Lipinski definition) is 2. The third-order valence-electron chi connectivity index (χ3n) is 5.62. The molecule has 4 aromatic carbocycles. The Balaban J connectivity index is 1.54. The van der Waals surface area contributed by atoms with Crippen molar-refractivity contribution in [3.63, 3.8) is 0 Å². The molecule has 1 N–H and O–H groups in total. The molecule has 2 nitrogen and oxygen atoms in total. The number of benzene rings is 4. The molecule has 1 heterocycles. The maximum absolute atomic E-state index is 5.12. The van der Waals surface area contributed by atoms with E-state index in [1.807, 2.05) is 6.07 Å². The number of fused-ring (bicyclic) bond motifs is 1. The van der Waals surface area contributed by atoms with Crippen molar-refractivity contribution in [2.75, 3.05) is 0 Å². The molecule has 2 heteroatoms. The average molecular weight is 401 g/mol. The third kappa shape index (κ3) is 4.25. The van der Waals surface area contributed by atoms with Gasteiger partial charge in [-0.2, -0.15) is 0 Å². The first kappa shape index (κ1) is 19.2. The van der Waals surface area contributed by atoms with Gasteiger partial charge in [0.15, 0.2) is 0 Å². The lowest BCUT2D eigenvalue weighted by molar-refractivity contribution is 0.592. The fraction of sp³-hybridized carbons (Fsp3) is 0.0690. The van der Waals surface area contributed by atoms with Crippen molar-refractivity contribution < 1.29 is 0 Å². The Kier molecular flexibility index (Phi) is 5.55. The SMILES string of the molecule is c1ccc(CNC(c2ccccc2)c2cccc(-c3cccc4ccccc34)n2)cc1. The molecule has 0 aliphatic carbocycles. The van der Waals surface area contributed by atoms with Crippen LogP contribution in [0.15, 0.2) is 121 Å². The van der Waals surface area contributed by atoms with Gasteiger partial charge < -0.3 is 5.32 Å². The molecule has 0 spiro atoms. The van der Waals surface area contributed by atoms with Gasteiger partial charge in [0.05, 0.1) is 17.4 Å². The Morgan fingerprint density at radius 2 is 1.29 bits per heavy atom. The van der Waals surface area contributed by atoms with Crippen LogP contribution in [0.3, 0.4) is 0 Å². The zero-order chi connectivity index (χ0) is 20.9. The summed E-state index contributed by atoms with van der Waals surface area (Å²) in [5.74, 6) is 0. The van der Waals surface area contributed by atoms with Gasteiger partial charge in [0.2, 0.25) is 0 Å². The summed E-state index contributed by atoms with van der Waals surface area (Å²) in [5.41, 5.74) is 5.65. The first-order valence-electron chi connectivity index (χ1n) is 10.7. The summed E-state index contributed by atoms with van der Waals surface area (Å²) in [6.07, 6.45) is 0. The first-order chi connectivity index (χ1) is 15.4. The van der Waals surface area contributed by atoms with E-state index in [1.54, 1.807) is 0 Å². The van der Waals surface area contributed by atoms with Crippen LogP contribution in [0.4, 0.5) is 0 Å². The highest BCUT2D eigenvalue weighted by Crippen LogP contribution is 2.29. The van der Waals surface area contributed by atoms with Gasteiger partial charge in [0, 0.05) is 12.1 Å². The molecule has 0 aliphatic heterocycles. The van der Waals surface area contributed by atoms with Crippen LogP contribution >= 0.6 is 0 Å². The molecule has 31 heavy (non-hydrogen) atoms. The van der Waals surface area contributed by atoms with Gasteiger partial charge in [0.25, 0.3) is 0 Å². The minimum Gasteiger partial charge on any atom is -0.301 e. The molecule has 0 fully saturated rings. The molecule has 5 rings (SSSR count). The van der Waals surface area contributed by atoms with Crippen LogP contribution in [0.5, 0.6) is 0 Å². The number of nitrogens with zero attached hydrogens (tertiary/aromatic N) is 1. The Bertz CT molecular complexity index is 1270. The summed E-state index contributed by atoms with van der Waals surface area (Å²) in [6, 6.07) is 42.3. The molecule has 0 amide bonds. The minimum atomic E-state index is 0.0105. The van der Waals surface area contributed by atoms with Crippen molar-refractivity contribution in [3.8, 4) is 11.3 Å². The van der Waals surface area contributed by atoms with Crippen molar-refractivity contribution in [2.45, 2.75) is 12.6 Å². The molecule has 0 saturated heterocycles. The van der Waals surface area contributed by atoms with Crippen LogP contribution in [-0.4, -0.2) is 4.98 Å². The second kappa shape index (κ2) is 8.95. The van der Waals surface area contributed by atoms with Crippen molar-refractivity contribution in [2.24, 2.45) is 0 Å². The summed E-state index contributed by atoms with van der Waals surface area (Å²) in [4.78, 5) is 5.12. The standard InChI is InChI=1S/C29H24N2/c1-3-11-22(12-4-1)21-30-29(24-14-5-2-6-15-24)28-20-10-19-27(31-28)26-18-9-16-23-13-7-8-17-25(23)26/h1-20,29-30H,21H2. The van der Waals surface area contributed by atoms with Gasteiger partial charge in [-0.3, -0.25) is 4.98 Å². The van der Waals surface area contributed by atoms with Crippen LogP contribution in [0.2, 0.25) is 0 Å². The Labute approximate surface area is 183 Å². The number of hydrogen-bond donors (Lipinski definition) is 1. The van der Waals surface area contributed by atoms with Gasteiger partial charge in [-0.15, -0.1) is 0 Å². The van der Waals surface area contributed by atoms with E-state index in [9.17, 15) is 0 Å². The quantitative estimate of drug-likeness (QED) is 0.340. The average Bonchev–Trinajstić information content (AvgIpc) is 2.85. The zero-order valence-electron chi connectivity index (χ0n) is 17.3. The Morgan fingerprint density at radius 1 is 0.613 bits per heavy atom. The monoisotopic (exact) mass is 400 g/mol. The lowest BCUT2D eigenvalue weighted by atomic mass is 9.99. The summed E-state index contributed by atoms with van der Waals surface area (Å²) in [7, 11) is 0. The molecule has 150 valence electrons. The second-order valence-electron chi connectivity index (χ2n) is 7.68. The van der Waals surface area contributed by atoms with Crippen molar-refractivity contribution in [3.05, 3.63) is 138 Å². The van der Waals surface area contributed by atoms with E-state index < -0.39 is 0 Å². The van der Waals surface area contributed by atoms with E-state index in [0.717, 1.165) is 23.5 Å². The molecular weight excluding hydrogens is 376 g/mol. The second-order valence-corrected chi connectivity index (χ2v) is 7.68. The normalized spacial score (nSPS) is 12.0. The van der Waals surface area contributed by atoms with Crippen LogP contribution in [0, 0.1) is 0 Å². The van der Waals surface area contributed by atoms with Gasteiger partial charge in [0.1, 0.15) is 0 Å². The molecule has 0 radical (unpaired) electrons. The maximum atomic E-state index is 5.12. The highest BCUT2D eigenvalue weighted by atomic mass is 14.9. The summed E-state index contributed by atoms with van der Waals surface area (Å²) in [5, 5.41) is 6.18. The van der Waals surface area contributed by atoms with Crippen LogP contribution < -0.4 is 5.32 Å². The lowest BCUT2D eigenvalue weighted by Crippen LogP contribution is -2.23. The van der Waals surface area contributed by atoms with Crippen LogP contribution in [-0.2, 0) is 6.54 Å². The fourth-order valence-corrected chi connectivity index (χ4v) is 4.07. The van der Waals surface area contributed by atoms with E-state index in [2.05, 4.69) is 121 Å². The van der Waals surface area contributed by atoms with Gasteiger partial charge in [-0.05, 0) is 34.0 Å². The van der Waals surface area contributed by atoms with Gasteiger partial charge in [-0.25, -0.2) is 0 Å². The van der Waals surface area contributed by atoms with Gasteiger partial charge >= 0.3 is 0 Å². The van der Waals surface area contributed by atoms with Crippen molar-refractivity contribution >= 4 is 10.8 Å². The summed E-state index contributed by atoms with van der Waals surface area (Å²) < 4.78 is 0. The van der Waals surface area contributed by atoms with E-state index in [0.29, 0.717) is 0 Å². The summed E-state index contributed by atoms with van der Waals surface area (Å²) in [6.45, 7) is 0.778. The van der Waals surface area contributed by atoms with Gasteiger partial charge in [-0.1, -0.05) is 109 Å². The molecule has 0 aliphatic rings. The summed E-state index contributed by atoms with van der Waals surface area (Å²) >= 11 is 0. The highest BCUT2D eigenvalue weighted by molar-refractivity contribution is 5.95. The predicted molar refractivity (Wildman–Crippen MR) is 129 cm³/mol. The number of aromatic nitrogens is 1. The maximum Gasteiger partial charge on any atom is 0.0754 e. The smallest absolute Gasteiger partial charge is 0.0754 e. The minimum absolute atomic E-state index is 0.0105. The molecule has 1 unspecified atom stereocenters. The molecule has 1 atom stereocenters. The van der Waals surface area contributed by atoms with E-state index >= 15 is 0 Å². The molecule has 5 aromatic rings. The van der Waals surface area contributed by atoms with Crippen LogP contribution in [0.1, 0.15) is 22.9 Å². The molecule has 1 aromatic heterocycles. The number of nitrogens with one attached hydrogen (secondary N) is 1. The largest absolute Gasteiger partial charge is 0.301 e. The topological polar surface area (TPSA) is 24.9 Å². The number of rotatable bonds is 6. The molecular formula is C29H24N2. The number of pyridine rings is 1. The molecule has 0 bridgehead atoms. The predicted octanol–water partition coefficient (Wildman–Crippen LogP) is 6.78.